The Labute approximate surface area is 100.0 Å². The molecule has 0 spiro atoms. The van der Waals surface area contributed by atoms with Crippen molar-refractivity contribution in [2.45, 2.75) is 19.8 Å². The Bertz CT molecular complexity index is 390. The van der Waals surface area contributed by atoms with E-state index in [1.807, 2.05) is 6.92 Å². The van der Waals surface area contributed by atoms with Gasteiger partial charge in [0, 0.05) is 5.56 Å². The number of unbranched alkanes of at least 4 members (excludes halogenated alkanes) is 1. The highest BCUT2D eigenvalue weighted by Crippen LogP contribution is 2.09. The van der Waals surface area contributed by atoms with Gasteiger partial charge in [0.15, 0.2) is 0 Å². The predicted molar refractivity (Wildman–Crippen MR) is 61.9 cm³/mol. The number of hydrogen-bond donors (Lipinski definition) is 1. The van der Waals surface area contributed by atoms with E-state index in [9.17, 15) is 14.7 Å². The number of hydrogen-bond acceptors (Lipinski definition) is 4. The van der Waals surface area contributed by atoms with Gasteiger partial charge in [0.2, 0.25) is 0 Å². The van der Waals surface area contributed by atoms with Crippen LogP contribution in [0.2, 0.25) is 0 Å². The smallest absolute Gasteiger partial charge is 0.338 e. The van der Waals surface area contributed by atoms with Gasteiger partial charge in [-0.2, -0.15) is 0 Å². The third-order valence-electron chi connectivity index (χ3n) is 2.10. The maximum absolute atomic E-state index is 11.5. The van der Waals surface area contributed by atoms with Crippen molar-refractivity contribution < 1.29 is 19.4 Å². The van der Waals surface area contributed by atoms with Gasteiger partial charge >= 0.3 is 5.97 Å². The zero-order chi connectivity index (χ0) is 12.0. The molecule has 0 aromatic heterocycles. The van der Waals surface area contributed by atoms with Gasteiger partial charge in [-0.25, -0.2) is 4.79 Å². The standard InChI is InChI=1S/C12H14O4.H3N/c1-2-3-8-16-12(15)10-7-5-4-6-9(10)11(13)14;/h4-7H,2-3,8H2,1H3,(H,13,14);1H3. The number of benzene rings is 1. The molecule has 0 unspecified atom stereocenters. The summed E-state index contributed by atoms with van der Waals surface area (Å²) >= 11 is 0. The summed E-state index contributed by atoms with van der Waals surface area (Å²) in [5, 5.41) is 10.7. The molecule has 0 bridgehead atoms. The maximum Gasteiger partial charge on any atom is 0.338 e. The van der Waals surface area contributed by atoms with Crippen molar-refractivity contribution in [3.8, 4) is 0 Å². The van der Waals surface area contributed by atoms with Crippen LogP contribution < -0.4 is 11.3 Å². The van der Waals surface area contributed by atoms with Crippen molar-refractivity contribution in [1.82, 2.24) is 6.15 Å². The third-order valence-corrected chi connectivity index (χ3v) is 2.10. The van der Waals surface area contributed by atoms with Crippen LogP contribution in [0.25, 0.3) is 0 Å². The molecule has 0 amide bonds. The fourth-order valence-electron chi connectivity index (χ4n) is 1.23. The fraction of sp³-hybridized carbons (Fsp3) is 0.333. The summed E-state index contributed by atoms with van der Waals surface area (Å²) in [6, 6.07) is 5.86. The van der Waals surface area contributed by atoms with Crippen LogP contribution >= 0.6 is 0 Å². The highest BCUT2D eigenvalue weighted by Gasteiger charge is 2.12. The zero-order valence-electron chi connectivity index (χ0n) is 10.1. The van der Waals surface area contributed by atoms with E-state index in [0.717, 1.165) is 12.8 Å². The van der Waals surface area contributed by atoms with Crippen molar-refractivity contribution in [1.29, 1.82) is 0 Å². The molecule has 0 aliphatic rings. The van der Waals surface area contributed by atoms with Crippen LogP contribution in [-0.4, -0.2) is 18.5 Å². The normalized spacial score (nSPS) is 9.24. The molecular formula is C12H17NO4. The van der Waals surface area contributed by atoms with Gasteiger partial charge in [0.1, 0.15) is 0 Å². The summed E-state index contributed by atoms with van der Waals surface area (Å²) in [7, 11) is 0. The summed E-state index contributed by atoms with van der Waals surface area (Å²) < 4.78 is 4.93. The van der Waals surface area contributed by atoms with E-state index in [1.165, 1.54) is 18.2 Å². The highest BCUT2D eigenvalue weighted by atomic mass is 16.5. The molecule has 0 fully saturated rings. The molecule has 0 atom stereocenters. The Hall–Kier alpha value is -1.88. The molecule has 5 heteroatoms. The molecule has 0 heterocycles. The van der Waals surface area contributed by atoms with Crippen molar-refractivity contribution in [2.75, 3.05) is 6.61 Å². The first-order valence-corrected chi connectivity index (χ1v) is 5.14. The Morgan fingerprint density at radius 1 is 1.24 bits per heavy atom. The topological polar surface area (TPSA) is 103 Å². The second kappa shape index (κ2) is 7.40. The average molecular weight is 239 g/mol. The second-order valence-electron chi connectivity index (χ2n) is 3.32. The second-order valence-corrected chi connectivity index (χ2v) is 3.32. The van der Waals surface area contributed by atoms with E-state index >= 15 is 0 Å². The number of carboxylic acids is 1. The first kappa shape index (κ1) is 15.1. The number of quaternary nitrogens is 1. The monoisotopic (exact) mass is 239 g/mol. The van der Waals surface area contributed by atoms with Crippen LogP contribution in [0, 0.1) is 0 Å². The minimum atomic E-state index is -1.37. The van der Waals surface area contributed by atoms with Crippen LogP contribution in [0.5, 0.6) is 0 Å². The molecular weight excluding hydrogens is 222 g/mol. The molecule has 4 N–H and O–H groups in total. The van der Waals surface area contributed by atoms with Gasteiger partial charge < -0.3 is 20.8 Å². The Balaban J connectivity index is 0.00000256. The van der Waals surface area contributed by atoms with E-state index in [4.69, 9.17) is 4.74 Å². The molecule has 0 saturated carbocycles. The maximum atomic E-state index is 11.5. The molecule has 0 saturated heterocycles. The number of carboxylic acid groups (broad SMARTS) is 1. The SMILES string of the molecule is CCCCOC(=O)c1ccccc1C(=O)[O-].[NH4+]. The highest BCUT2D eigenvalue weighted by molar-refractivity contribution is 6.01. The van der Waals surface area contributed by atoms with E-state index in [-0.39, 0.29) is 17.3 Å². The van der Waals surface area contributed by atoms with Crippen molar-refractivity contribution in [3.05, 3.63) is 35.4 Å². The lowest BCUT2D eigenvalue weighted by atomic mass is 10.1. The summed E-state index contributed by atoms with van der Waals surface area (Å²) in [4.78, 5) is 22.3. The molecule has 1 aromatic rings. The van der Waals surface area contributed by atoms with Gasteiger partial charge in [0.25, 0.3) is 0 Å². The Morgan fingerprint density at radius 2 is 1.82 bits per heavy atom. The fourth-order valence-corrected chi connectivity index (χ4v) is 1.23. The number of aromatic carboxylic acids is 1. The molecule has 1 aromatic carbocycles. The van der Waals surface area contributed by atoms with Crippen molar-refractivity contribution in [2.24, 2.45) is 0 Å². The first-order chi connectivity index (χ1) is 7.66. The van der Waals surface area contributed by atoms with Crippen LogP contribution in [0.15, 0.2) is 24.3 Å². The molecule has 0 aliphatic heterocycles. The molecule has 5 nitrogen and oxygen atoms in total. The lowest BCUT2D eigenvalue weighted by molar-refractivity contribution is -0.255. The number of rotatable bonds is 5. The summed E-state index contributed by atoms with van der Waals surface area (Å²) in [6.45, 7) is 2.28. The van der Waals surface area contributed by atoms with Crippen molar-refractivity contribution in [3.63, 3.8) is 0 Å². The lowest BCUT2D eigenvalue weighted by Crippen LogP contribution is -2.25. The quantitative estimate of drug-likeness (QED) is 0.619. The first-order valence-electron chi connectivity index (χ1n) is 5.14. The lowest BCUT2D eigenvalue weighted by Gasteiger charge is -2.09. The minimum Gasteiger partial charge on any atom is -0.545 e. The minimum absolute atomic E-state index is 0. The van der Waals surface area contributed by atoms with E-state index in [1.54, 1.807) is 6.07 Å². The van der Waals surface area contributed by atoms with Gasteiger partial charge in [0.05, 0.1) is 18.1 Å². The van der Waals surface area contributed by atoms with Gasteiger partial charge in [-0.05, 0) is 12.5 Å². The van der Waals surface area contributed by atoms with E-state index in [0.29, 0.717) is 6.61 Å². The molecule has 0 aliphatic carbocycles. The predicted octanol–water partition coefficient (Wildman–Crippen LogP) is 1.38. The summed E-state index contributed by atoms with van der Waals surface area (Å²) in [6.07, 6.45) is 1.68. The van der Waals surface area contributed by atoms with Crippen LogP contribution in [-0.2, 0) is 4.74 Å². The Kier molecular flexibility index (Phi) is 6.58. The summed E-state index contributed by atoms with van der Waals surface area (Å²) in [5.74, 6) is -1.99. The number of esters is 1. The van der Waals surface area contributed by atoms with E-state index < -0.39 is 11.9 Å². The van der Waals surface area contributed by atoms with Crippen LogP contribution in [0.1, 0.15) is 40.5 Å². The van der Waals surface area contributed by atoms with Crippen molar-refractivity contribution >= 4 is 11.9 Å². The number of carbonyl (C=O) groups is 2. The molecule has 17 heavy (non-hydrogen) atoms. The van der Waals surface area contributed by atoms with Gasteiger partial charge in [-0.15, -0.1) is 0 Å². The Morgan fingerprint density at radius 3 is 2.35 bits per heavy atom. The molecule has 94 valence electrons. The van der Waals surface area contributed by atoms with Gasteiger partial charge in [-0.1, -0.05) is 31.5 Å². The average Bonchev–Trinajstić information content (AvgIpc) is 2.29. The van der Waals surface area contributed by atoms with Gasteiger partial charge in [-0.3, -0.25) is 0 Å². The van der Waals surface area contributed by atoms with Crippen LogP contribution in [0.3, 0.4) is 0 Å². The van der Waals surface area contributed by atoms with Crippen LogP contribution in [0.4, 0.5) is 0 Å². The summed E-state index contributed by atoms with van der Waals surface area (Å²) in [5.41, 5.74) is -0.0948. The number of carbonyl (C=O) groups excluding carboxylic acids is 2. The molecule has 0 radical (unpaired) electrons. The van der Waals surface area contributed by atoms with E-state index in [2.05, 4.69) is 0 Å². The number of ether oxygens (including phenoxy) is 1. The third kappa shape index (κ3) is 4.24. The largest absolute Gasteiger partial charge is 0.545 e. The zero-order valence-corrected chi connectivity index (χ0v) is 10.1. The molecule has 1 rings (SSSR count).